The van der Waals surface area contributed by atoms with Crippen LogP contribution in [-0.2, 0) is 11.2 Å². The molecule has 1 amide bonds. The number of carbonyl (C=O) groups is 1. The lowest BCUT2D eigenvalue weighted by atomic mass is 9.76. The van der Waals surface area contributed by atoms with E-state index in [1.165, 1.54) is 0 Å². The Bertz CT molecular complexity index is 847. The number of nitrogens with one attached hydrogen (secondary N) is 1. The number of benzene rings is 2. The molecule has 1 atom stereocenters. The number of amides is 1. The maximum Gasteiger partial charge on any atom is 0.475 e. The molecule has 0 saturated carbocycles. The van der Waals surface area contributed by atoms with Crippen LogP contribution in [-0.4, -0.2) is 35.6 Å². The Hall–Kier alpha value is -3.08. The van der Waals surface area contributed by atoms with Gasteiger partial charge < -0.3 is 20.1 Å². The Morgan fingerprint density at radius 3 is 2.68 bits per heavy atom. The minimum atomic E-state index is -1.66. The van der Waals surface area contributed by atoms with Crippen molar-refractivity contribution < 1.29 is 19.6 Å². The summed E-state index contributed by atoms with van der Waals surface area (Å²) < 4.78 is 5.59. The summed E-state index contributed by atoms with van der Waals surface area (Å²) in [5.74, 6) is -0.530. The van der Waals surface area contributed by atoms with Gasteiger partial charge in [0.25, 0.3) is 0 Å². The fourth-order valence-electron chi connectivity index (χ4n) is 2.62. The molecule has 0 bridgehead atoms. The summed E-state index contributed by atoms with van der Waals surface area (Å²) in [6.45, 7) is 1.87. The first kappa shape index (κ1) is 21.2. The lowest BCUT2D eigenvalue weighted by molar-refractivity contribution is -0.122. The minimum Gasteiger partial charge on any atom is -0.493 e. The molecule has 0 aromatic heterocycles. The van der Waals surface area contributed by atoms with E-state index in [-0.39, 0.29) is 18.9 Å². The molecule has 6 nitrogen and oxygen atoms in total. The van der Waals surface area contributed by atoms with Crippen molar-refractivity contribution in [3.8, 4) is 11.8 Å². The van der Waals surface area contributed by atoms with Crippen molar-refractivity contribution in [3.05, 3.63) is 71.3 Å². The van der Waals surface area contributed by atoms with Crippen molar-refractivity contribution >= 4 is 19.1 Å². The van der Waals surface area contributed by atoms with E-state index >= 15 is 0 Å². The number of nitriles is 1. The minimum absolute atomic E-state index is 0.0787. The maximum atomic E-state index is 12.1. The maximum absolute atomic E-state index is 12.1. The number of carbonyl (C=O) groups excluding carboxylic acids is 1. The zero-order valence-corrected chi connectivity index (χ0v) is 15.7. The molecule has 0 aliphatic rings. The summed E-state index contributed by atoms with van der Waals surface area (Å²) in [7, 11) is -1.66. The van der Waals surface area contributed by atoms with Crippen LogP contribution in [0.5, 0.6) is 5.75 Å². The van der Waals surface area contributed by atoms with Gasteiger partial charge in [0, 0.05) is 5.57 Å². The van der Waals surface area contributed by atoms with Crippen LogP contribution in [0.1, 0.15) is 24.5 Å². The molecular weight excluding hydrogens is 355 g/mol. The third kappa shape index (κ3) is 7.27. The first-order valence-electron chi connectivity index (χ1n) is 8.98. The highest BCUT2D eigenvalue weighted by Crippen LogP contribution is 2.16. The molecule has 0 fully saturated rings. The summed E-state index contributed by atoms with van der Waals surface area (Å²) >= 11 is 0. The fourth-order valence-corrected chi connectivity index (χ4v) is 2.62. The highest BCUT2D eigenvalue weighted by Gasteiger charge is 2.25. The molecule has 0 aliphatic heterocycles. The van der Waals surface area contributed by atoms with Gasteiger partial charge in [0.2, 0.25) is 5.91 Å². The van der Waals surface area contributed by atoms with Crippen LogP contribution in [0.15, 0.2) is 60.2 Å². The van der Waals surface area contributed by atoms with Gasteiger partial charge in [-0.25, -0.2) is 0 Å². The van der Waals surface area contributed by atoms with Gasteiger partial charge in [-0.2, -0.15) is 5.26 Å². The van der Waals surface area contributed by atoms with Gasteiger partial charge in [-0.1, -0.05) is 42.5 Å². The third-order valence-corrected chi connectivity index (χ3v) is 4.02. The molecule has 0 radical (unpaired) electrons. The van der Waals surface area contributed by atoms with Crippen LogP contribution < -0.4 is 10.1 Å². The third-order valence-electron chi connectivity index (χ3n) is 4.02. The summed E-state index contributed by atoms with van der Waals surface area (Å²) in [4.78, 5) is 12.1. The molecule has 144 valence electrons. The van der Waals surface area contributed by atoms with Crippen LogP contribution in [0.25, 0.3) is 6.08 Å². The van der Waals surface area contributed by atoms with Gasteiger partial charge in [-0.3, -0.25) is 4.79 Å². The zero-order chi connectivity index (χ0) is 20.4. The molecule has 28 heavy (non-hydrogen) atoms. The van der Waals surface area contributed by atoms with Gasteiger partial charge in [0.15, 0.2) is 0 Å². The van der Waals surface area contributed by atoms with E-state index in [4.69, 9.17) is 10.00 Å². The lowest BCUT2D eigenvalue weighted by Gasteiger charge is -2.18. The molecule has 0 saturated heterocycles. The summed E-state index contributed by atoms with van der Waals surface area (Å²) in [6, 6.07) is 18.6. The largest absolute Gasteiger partial charge is 0.493 e. The second kappa shape index (κ2) is 10.9. The molecule has 0 aliphatic carbocycles. The standard InChI is InChI=1S/C21H23BN2O4/c1-16(15-23)12-18-8-5-9-19(13-18)28-11-10-21(25)24-20(22(26)27)14-17-6-3-2-4-7-17/h2-9,12-13,20,26-27H,10-11,14H2,1H3,(H,24,25)/b16-12-. The summed E-state index contributed by atoms with van der Waals surface area (Å²) in [5, 5.41) is 30.5. The summed E-state index contributed by atoms with van der Waals surface area (Å²) in [5.41, 5.74) is 2.32. The highest BCUT2D eigenvalue weighted by molar-refractivity contribution is 6.43. The van der Waals surface area contributed by atoms with Crippen molar-refractivity contribution in [1.82, 2.24) is 5.32 Å². The molecule has 2 aromatic rings. The predicted octanol–water partition coefficient (Wildman–Crippen LogP) is 2.12. The average Bonchev–Trinajstić information content (AvgIpc) is 2.68. The number of hydrogen-bond acceptors (Lipinski definition) is 5. The Balaban J connectivity index is 1.84. The molecule has 2 rings (SSSR count). The molecule has 7 heteroatoms. The summed E-state index contributed by atoms with van der Waals surface area (Å²) in [6.07, 6.45) is 2.14. The van der Waals surface area contributed by atoms with Crippen molar-refractivity contribution in [2.75, 3.05) is 6.61 Å². The van der Waals surface area contributed by atoms with Gasteiger partial charge in [0.05, 0.1) is 25.0 Å². The van der Waals surface area contributed by atoms with Crippen LogP contribution in [0, 0.1) is 11.3 Å². The predicted molar refractivity (Wildman–Crippen MR) is 108 cm³/mol. The molecule has 1 unspecified atom stereocenters. The van der Waals surface area contributed by atoms with Gasteiger partial charge in [-0.05, 0) is 42.7 Å². The monoisotopic (exact) mass is 378 g/mol. The van der Waals surface area contributed by atoms with E-state index in [0.29, 0.717) is 17.7 Å². The number of rotatable bonds is 9. The quantitative estimate of drug-likeness (QED) is 0.458. The van der Waals surface area contributed by atoms with Crippen LogP contribution >= 0.6 is 0 Å². The fraction of sp³-hybridized carbons (Fsp3) is 0.238. The van der Waals surface area contributed by atoms with Crippen molar-refractivity contribution in [3.63, 3.8) is 0 Å². The van der Waals surface area contributed by atoms with Crippen LogP contribution in [0.4, 0.5) is 0 Å². The van der Waals surface area contributed by atoms with Crippen LogP contribution in [0.2, 0.25) is 0 Å². The van der Waals surface area contributed by atoms with E-state index in [2.05, 4.69) is 11.4 Å². The zero-order valence-electron chi connectivity index (χ0n) is 15.7. The Morgan fingerprint density at radius 2 is 2.00 bits per heavy atom. The SMILES string of the molecule is C/C(C#N)=C/c1cccc(OCCC(=O)NC(Cc2ccccc2)B(O)O)c1. The van der Waals surface area contributed by atoms with Gasteiger partial charge in [0.1, 0.15) is 5.75 Å². The van der Waals surface area contributed by atoms with Crippen molar-refractivity contribution in [2.24, 2.45) is 0 Å². The first-order chi connectivity index (χ1) is 13.5. The van der Waals surface area contributed by atoms with E-state index in [1.54, 1.807) is 25.1 Å². The normalized spacial score (nSPS) is 12.0. The van der Waals surface area contributed by atoms with E-state index < -0.39 is 13.1 Å². The Morgan fingerprint density at radius 1 is 1.25 bits per heavy atom. The Kier molecular flexibility index (Phi) is 8.28. The van der Waals surface area contributed by atoms with Gasteiger partial charge >= 0.3 is 7.12 Å². The number of allylic oxidation sites excluding steroid dienone is 1. The second-order valence-corrected chi connectivity index (χ2v) is 6.39. The van der Waals surface area contributed by atoms with Crippen molar-refractivity contribution in [1.29, 1.82) is 5.26 Å². The topological polar surface area (TPSA) is 103 Å². The second-order valence-electron chi connectivity index (χ2n) is 6.39. The smallest absolute Gasteiger partial charge is 0.475 e. The Labute approximate surface area is 165 Å². The van der Waals surface area contributed by atoms with E-state index in [1.807, 2.05) is 42.5 Å². The molecular formula is C21H23BN2O4. The first-order valence-corrected chi connectivity index (χ1v) is 8.98. The molecule has 0 spiro atoms. The average molecular weight is 378 g/mol. The number of ether oxygens (including phenoxy) is 1. The lowest BCUT2D eigenvalue weighted by Crippen LogP contribution is -2.48. The number of hydrogen-bond donors (Lipinski definition) is 3. The van der Waals surface area contributed by atoms with E-state index in [9.17, 15) is 14.8 Å². The number of nitrogens with zero attached hydrogens (tertiary/aromatic N) is 1. The van der Waals surface area contributed by atoms with Gasteiger partial charge in [-0.15, -0.1) is 0 Å². The van der Waals surface area contributed by atoms with E-state index in [0.717, 1.165) is 11.1 Å². The van der Waals surface area contributed by atoms with Crippen LogP contribution in [0.3, 0.4) is 0 Å². The molecule has 2 aromatic carbocycles. The van der Waals surface area contributed by atoms with Crippen molar-refractivity contribution in [2.45, 2.75) is 25.7 Å². The highest BCUT2D eigenvalue weighted by atomic mass is 16.5. The molecule has 3 N–H and O–H groups in total. The molecule has 0 heterocycles.